The normalized spacial score (nSPS) is 18.1. The highest BCUT2D eigenvalue weighted by Crippen LogP contribution is 2.17. The molecular weight excluding hydrogens is 234 g/mol. The summed E-state index contributed by atoms with van der Waals surface area (Å²) in [6.07, 6.45) is 10.4. The van der Waals surface area contributed by atoms with Crippen molar-refractivity contribution in [2.45, 2.75) is 51.1 Å². The quantitative estimate of drug-likeness (QED) is 0.817. The van der Waals surface area contributed by atoms with Gasteiger partial charge in [0.25, 0.3) is 0 Å². The summed E-state index contributed by atoms with van der Waals surface area (Å²) in [4.78, 5) is 6.50. The van der Waals surface area contributed by atoms with E-state index in [1.807, 2.05) is 12.4 Å². The van der Waals surface area contributed by atoms with E-state index in [0.29, 0.717) is 6.04 Å². The first-order valence-corrected chi connectivity index (χ1v) is 7.58. The van der Waals surface area contributed by atoms with Gasteiger partial charge >= 0.3 is 0 Å². The molecule has 1 aliphatic rings. The molecule has 1 heterocycles. The zero-order chi connectivity index (χ0) is 13.5. The number of nitrogens with zero attached hydrogens (tertiary/aromatic N) is 2. The standard InChI is InChI=1S/C16H27N3/c1-14(13-18-16-5-3-4-6-16)19(2)12-9-15-7-10-17-11-8-15/h7-8,10-11,14,16,18H,3-6,9,12-13H2,1-2H3. The van der Waals surface area contributed by atoms with Crippen molar-refractivity contribution in [3.05, 3.63) is 30.1 Å². The molecule has 0 saturated heterocycles. The zero-order valence-electron chi connectivity index (χ0n) is 12.3. The first kappa shape index (κ1) is 14.5. The predicted molar refractivity (Wildman–Crippen MR) is 80.3 cm³/mol. The highest BCUT2D eigenvalue weighted by atomic mass is 15.1. The van der Waals surface area contributed by atoms with Crippen LogP contribution in [0.25, 0.3) is 0 Å². The lowest BCUT2D eigenvalue weighted by Gasteiger charge is -2.26. The lowest BCUT2D eigenvalue weighted by molar-refractivity contribution is 0.247. The lowest BCUT2D eigenvalue weighted by Crippen LogP contribution is -2.41. The molecule has 1 N–H and O–H groups in total. The molecule has 1 aromatic heterocycles. The number of aromatic nitrogens is 1. The molecule has 3 heteroatoms. The van der Waals surface area contributed by atoms with E-state index in [1.54, 1.807) is 0 Å². The summed E-state index contributed by atoms with van der Waals surface area (Å²) < 4.78 is 0. The van der Waals surface area contributed by atoms with Crippen LogP contribution in [0, 0.1) is 0 Å². The summed E-state index contributed by atoms with van der Waals surface area (Å²) in [5.41, 5.74) is 1.37. The monoisotopic (exact) mass is 261 g/mol. The topological polar surface area (TPSA) is 28.2 Å². The van der Waals surface area contributed by atoms with E-state index in [1.165, 1.54) is 31.2 Å². The third-order valence-electron chi connectivity index (χ3n) is 4.31. The zero-order valence-corrected chi connectivity index (χ0v) is 12.3. The largest absolute Gasteiger partial charge is 0.312 e. The van der Waals surface area contributed by atoms with Crippen LogP contribution in [0.1, 0.15) is 38.2 Å². The maximum absolute atomic E-state index is 4.06. The fourth-order valence-electron chi connectivity index (χ4n) is 2.70. The lowest BCUT2D eigenvalue weighted by atomic mass is 10.1. The molecule has 0 spiro atoms. The molecule has 0 aliphatic heterocycles. The van der Waals surface area contributed by atoms with Gasteiger partial charge in [0.2, 0.25) is 0 Å². The molecule has 0 radical (unpaired) electrons. The van der Waals surface area contributed by atoms with E-state index >= 15 is 0 Å². The molecule has 1 aromatic rings. The maximum Gasteiger partial charge on any atom is 0.0270 e. The molecule has 1 aliphatic carbocycles. The van der Waals surface area contributed by atoms with Crippen LogP contribution in [-0.2, 0) is 6.42 Å². The van der Waals surface area contributed by atoms with Crippen LogP contribution in [0.15, 0.2) is 24.5 Å². The summed E-state index contributed by atoms with van der Waals surface area (Å²) in [7, 11) is 2.22. The Bertz CT molecular complexity index is 346. The van der Waals surface area contributed by atoms with Crippen molar-refractivity contribution < 1.29 is 0 Å². The second kappa shape index (κ2) is 7.61. The molecule has 1 unspecified atom stereocenters. The molecule has 1 atom stereocenters. The van der Waals surface area contributed by atoms with E-state index in [0.717, 1.165) is 25.6 Å². The fraction of sp³-hybridized carbons (Fsp3) is 0.688. The van der Waals surface area contributed by atoms with Crippen LogP contribution in [0.5, 0.6) is 0 Å². The van der Waals surface area contributed by atoms with Gasteiger partial charge in [-0.25, -0.2) is 0 Å². The summed E-state index contributed by atoms with van der Waals surface area (Å²) in [6, 6.07) is 5.59. The predicted octanol–water partition coefficient (Wildman–Crippen LogP) is 2.48. The molecule has 106 valence electrons. The van der Waals surface area contributed by atoms with Crippen LogP contribution < -0.4 is 5.32 Å². The van der Waals surface area contributed by atoms with Crippen molar-refractivity contribution in [2.75, 3.05) is 20.1 Å². The molecule has 1 fully saturated rings. The van der Waals surface area contributed by atoms with Gasteiger partial charge in [0, 0.05) is 37.6 Å². The Hall–Kier alpha value is -0.930. The molecule has 19 heavy (non-hydrogen) atoms. The van der Waals surface area contributed by atoms with Gasteiger partial charge in [0.1, 0.15) is 0 Å². The van der Waals surface area contributed by atoms with Crippen LogP contribution >= 0.6 is 0 Å². The Balaban J connectivity index is 1.65. The van der Waals surface area contributed by atoms with Crippen molar-refractivity contribution in [3.63, 3.8) is 0 Å². The summed E-state index contributed by atoms with van der Waals surface area (Å²) in [5, 5.41) is 3.71. The Kier molecular flexibility index (Phi) is 5.80. The molecule has 0 aromatic carbocycles. The molecule has 0 bridgehead atoms. The van der Waals surface area contributed by atoms with Crippen LogP contribution in [0.4, 0.5) is 0 Å². The van der Waals surface area contributed by atoms with Crippen molar-refractivity contribution in [1.82, 2.24) is 15.2 Å². The van der Waals surface area contributed by atoms with Gasteiger partial charge in [-0.1, -0.05) is 12.8 Å². The third kappa shape index (κ3) is 4.92. The van der Waals surface area contributed by atoms with Gasteiger partial charge in [-0.15, -0.1) is 0 Å². The molecule has 2 rings (SSSR count). The number of likely N-dealkylation sites (N-methyl/N-ethyl adjacent to an activating group) is 1. The van der Waals surface area contributed by atoms with E-state index in [2.05, 4.69) is 41.3 Å². The number of pyridine rings is 1. The highest BCUT2D eigenvalue weighted by Gasteiger charge is 2.16. The first-order chi connectivity index (χ1) is 9.25. The molecule has 3 nitrogen and oxygen atoms in total. The molecule has 1 saturated carbocycles. The van der Waals surface area contributed by atoms with Crippen molar-refractivity contribution in [2.24, 2.45) is 0 Å². The maximum atomic E-state index is 4.06. The average molecular weight is 261 g/mol. The van der Waals surface area contributed by atoms with E-state index < -0.39 is 0 Å². The van der Waals surface area contributed by atoms with Gasteiger partial charge < -0.3 is 10.2 Å². The fourth-order valence-corrected chi connectivity index (χ4v) is 2.70. The summed E-state index contributed by atoms with van der Waals surface area (Å²) in [6.45, 7) is 4.53. The first-order valence-electron chi connectivity index (χ1n) is 7.58. The number of rotatable bonds is 7. The van der Waals surface area contributed by atoms with Crippen LogP contribution in [0.3, 0.4) is 0 Å². The second-order valence-corrected chi connectivity index (χ2v) is 5.82. The number of hydrogen-bond donors (Lipinski definition) is 1. The van der Waals surface area contributed by atoms with Gasteiger partial charge in [-0.05, 0) is 50.9 Å². The van der Waals surface area contributed by atoms with Crippen molar-refractivity contribution in [1.29, 1.82) is 0 Å². The van der Waals surface area contributed by atoms with Gasteiger partial charge in [-0.2, -0.15) is 0 Å². The number of hydrogen-bond acceptors (Lipinski definition) is 3. The Labute approximate surface area is 117 Å². The van der Waals surface area contributed by atoms with Crippen LogP contribution in [0.2, 0.25) is 0 Å². The minimum Gasteiger partial charge on any atom is -0.312 e. The second-order valence-electron chi connectivity index (χ2n) is 5.82. The average Bonchev–Trinajstić information content (AvgIpc) is 2.96. The van der Waals surface area contributed by atoms with Crippen LogP contribution in [-0.4, -0.2) is 42.1 Å². The molecule has 0 amide bonds. The van der Waals surface area contributed by atoms with Gasteiger partial charge in [0.05, 0.1) is 0 Å². The van der Waals surface area contributed by atoms with Gasteiger partial charge in [-0.3, -0.25) is 4.98 Å². The number of nitrogens with one attached hydrogen (secondary N) is 1. The van der Waals surface area contributed by atoms with Crippen molar-refractivity contribution >= 4 is 0 Å². The van der Waals surface area contributed by atoms with E-state index in [9.17, 15) is 0 Å². The summed E-state index contributed by atoms with van der Waals surface area (Å²) in [5.74, 6) is 0. The smallest absolute Gasteiger partial charge is 0.0270 e. The highest BCUT2D eigenvalue weighted by molar-refractivity contribution is 5.09. The minimum absolute atomic E-state index is 0.599. The Morgan fingerprint density at radius 1 is 1.32 bits per heavy atom. The van der Waals surface area contributed by atoms with Gasteiger partial charge in [0.15, 0.2) is 0 Å². The van der Waals surface area contributed by atoms with E-state index in [4.69, 9.17) is 0 Å². The third-order valence-corrected chi connectivity index (χ3v) is 4.31. The van der Waals surface area contributed by atoms with E-state index in [-0.39, 0.29) is 0 Å². The SMILES string of the molecule is CC(CNC1CCCC1)N(C)CCc1ccncc1. The summed E-state index contributed by atoms with van der Waals surface area (Å²) >= 11 is 0. The Morgan fingerprint density at radius 2 is 2.00 bits per heavy atom. The molecular formula is C16H27N3. The Morgan fingerprint density at radius 3 is 2.68 bits per heavy atom. The minimum atomic E-state index is 0.599. The van der Waals surface area contributed by atoms with Crippen molar-refractivity contribution in [3.8, 4) is 0 Å².